The third-order valence-electron chi connectivity index (χ3n) is 4.44. The second-order valence-corrected chi connectivity index (χ2v) is 6.82. The first-order valence-electron chi connectivity index (χ1n) is 9.70. The van der Waals surface area contributed by atoms with Gasteiger partial charge in [-0.05, 0) is 31.2 Å². The highest BCUT2D eigenvalue weighted by Crippen LogP contribution is 2.27. The van der Waals surface area contributed by atoms with E-state index in [1.54, 1.807) is 24.3 Å². The number of hydrogen-bond donors (Lipinski definition) is 2. The summed E-state index contributed by atoms with van der Waals surface area (Å²) >= 11 is 0. The molecule has 3 aromatic rings. The number of methoxy groups -OCH3 is 1. The Morgan fingerprint density at radius 2 is 1.85 bits per heavy atom. The molecule has 1 unspecified atom stereocenters. The number of nitrogens with one attached hydrogen (secondary N) is 1. The zero-order valence-corrected chi connectivity index (χ0v) is 17.7. The van der Waals surface area contributed by atoms with Crippen LogP contribution >= 0.6 is 0 Å². The number of pyridine rings is 1. The van der Waals surface area contributed by atoms with Gasteiger partial charge in [0.15, 0.2) is 6.10 Å². The summed E-state index contributed by atoms with van der Waals surface area (Å²) in [4.78, 5) is 27.4. The van der Waals surface area contributed by atoms with Gasteiger partial charge in [0.05, 0.1) is 13.3 Å². The van der Waals surface area contributed by atoms with E-state index in [2.05, 4.69) is 10.3 Å². The Bertz CT molecular complexity index is 1170. The summed E-state index contributed by atoms with van der Waals surface area (Å²) in [6.45, 7) is 1.08. The number of benzene rings is 2. The first-order chi connectivity index (χ1) is 15.8. The monoisotopic (exact) mass is 458 g/mol. The van der Waals surface area contributed by atoms with Crippen molar-refractivity contribution in [3.05, 3.63) is 77.5 Å². The van der Waals surface area contributed by atoms with Gasteiger partial charge in [0.2, 0.25) is 5.88 Å². The van der Waals surface area contributed by atoms with E-state index in [1.807, 2.05) is 0 Å². The number of nitrogens with zero attached hydrogens (tertiary/aromatic N) is 1. The van der Waals surface area contributed by atoms with Gasteiger partial charge in [0, 0.05) is 24.2 Å². The Morgan fingerprint density at radius 1 is 1.09 bits per heavy atom. The topological polar surface area (TPSA) is 107 Å². The zero-order chi connectivity index (χ0) is 24.0. The number of aromatic nitrogens is 1. The molecule has 33 heavy (non-hydrogen) atoms. The maximum atomic E-state index is 14.4. The molecule has 2 N–H and O–H groups in total. The zero-order valence-electron chi connectivity index (χ0n) is 17.7. The van der Waals surface area contributed by atoms with Gasteiger partial charge >= 0.3 is 5.97 Å². The van der Waals surface area contributed by atoms with Crippen LogP contribution in [0.5, 0.6) is 23.1 Å². The number of carbonyl (C=O) groups is 2. The van der Waals surface area contributed by atoms with Gasteiger partial charge in [0.25, 0.3) is 5.91 Å². The quantitative estimate of drug-likeness (QED) is 0.500. The number of hydrogen-bond acceptors (Lipinski definition) is 6. The van der Waals surface area contributed by atoms with Gasteiger partial charge in [-0.3, -0.25) is 4.79 Å². The smallest absolute Gasteiger partial charge is 0.344 e. The van der Waals surface area contributed by atoms with Crippen molar-refractivity contribution in [2.45, 2.75) is 19.6 Å². The second-order valence-electron chi connectivity index (χ2n) is 6.82. The fourth-order valence-corrected chi connectivity index (χ4v) is 2.72. The molecular formula is C23H20F2N2O6. The van der Waals surface area contributed by atoms with Crippen molar-refractivity contribution >= 4 is 11.9 Å². The minimum absolute atomic E-state index is 0.0285. The molecule has 0 bridgehead atoms. The lowest BCUT2D eigenvalue weighted by molar-refractivity contribution is -0.144. The molecule has 1 heterocycles. The van der Waals surface area contributed by atoms with Crippen molar-refractivity contribution in [1.82, 2.24) is 10.3 Å². The standard InChI is InChI=1S/C23H20F2N2O6/c1-13(23(29)30)32-18-7-6-14(20(25)10-18)11-26-21(28)19-8-15(24)12-27-22(19)33-17-5-3-4-16(9-17)31-2/h3-10,12-13H,11H2,1-2H3,(H,26,28)(H,29,30). The lowest BCUT2D eigenvalue weighted by Crippen LogP contribution is -2.24. The van der Waals surface area contributed by atoms with Gasteiger partial charge < -0.3 is 24.6 Å². The number of ether oxygens (including phenoxy) is 3. The van der Waals surface area contributed by atoms with Crippen LogP contribution < -0.4 is 19.5 Å². The molecule has 2 aromatic carbocycles. The second kappa shape index (κ2) is 10.4. The average molecular weight is 458 g/mol. The molecule has 8 nitrogen and oxygen atoms in total. The molecule has 172 valence electrons. The number of amides is 1. The molecule has 10 heteroatoms. The van der Waals surface area contributed by atoms with Crippen LogP contribution in [0.3, 0.4) is 0 Å². The maximum absolute atomic E-state index is 14.4. The van der Waals surface area contributed by atoms with Crippen molar-refractivity contribution in [1.29, 1.82) is 0 Å². The normalized spacial score (nSPS) is 11.4. The van der Waals surface area contributed by atoms with Crippen LogP contribution in [0, 0.1) is 11.6 Å². The van der Waals surface area contributed by atoms with Crippen LogP contribution in [0.25, 0.3) is 0 Å². The first kappa shape index (κ1) is 23.5. The molecule has 3 rings (SSSR count). The molecule has 1 atom stereocenters. The number of aliphatic carboxylic acids is 1. The fourth-order valence-electron chi connectivity index (χ4n) is 2.72. The number of halogens is 2. The molecule has 0 aliphatic carbocycles. The lowest BCUT2D eigenvalue weighted by Gasteiger charge is -2.13. The third kappa shape index (κ3) is 6.16. The van der Waals surface area contributed by atoms with Gasteiger partial charge in [-0.25, -0.2) is 18.6 Å². The molecular weight excluding hydrogens is 438 g/mol. The first-order valence-corrected chi connectivity index (χ1v) is 9.70. The molecule has 0 radical (unpaired) electrons. The molecule has 0 saturated heterocycles. The average Bonchev–Trinajstić information content (AvgIpc) is 2.79. The predicted molar refractivity (Wildman–Crippen MR) is 113 cm³/mol. The number of carboxylic acid groups (broad SMARTS) is 1. The van der Waals surface area contributed by atoms with E-state index in [9.17, 15) is 18.4 Å². The van der Waals surface area contributed by atoms with Crippen molar-refractivity contribution in [3.63, 3.8) is 0 Å². The lowest BCUT2D eigenvalue weighted by atomic mass is 10.2. The van der Waals surface area contributed by atoms with E-state index in [1.165, 1.54) is 26.2 Å². The Labute approximate surface area is 187 Å². The maximum Gasteiger partial charge on any atom is 0.344 e. The van der Waals surface area contributed by atoms with Crippen LogP contribution in [0.15, 0.2) is 54.7 Å². The molecule has 0 aliphatic heterocycles. The molecule has 0 saturated carbocycles. The summed E-state index contributed by atoms with van der Waals surface area (Å²) in [5, 5.41) is 11.4. The van der Waals surface area contributed by atoms with Crippen LogP contribution in [0.1, 0.15) is 22.8 Å². The van der Waals surface area contributed by atoms with Gasteiger partial charge in [-0.15, -0.1) is 0 Å². The van der Waals surface area contributed by atoms with Crippen molar-refractivity contribution in [2.24, 2.45) is 0 Å². The summed E-state index contributed by atoms with van der Waals surface area (Å²) in [6, 6.07) is 11.2. The van der Waals surface area contributed by atoms with Gasteiger partial charge in [-0.1, -0.05) is 12.1 Å². The van der Waals surface area contributed by atoms with E-state index in [0.29, 0.717) is 11.5 Å². The van der Waals surface area contributed by atoms with Crippen LogP contribution in [-0.2, 0) is 11.3 Å². The summed E-state index contributed by atoms with van der Waals surface area (Å²) in [5.41, 5.74) is -0.0771. The summed E-state index contributed by atoms with van der Waals surface area (Å²) in [5.74, 6) is -2.67. The Balaban J connectivity index is 1.72. The van der Waals surface area contributed by atoms with Crippen LogP contribution in [0.4, 0.5) is 8.78 Å². The Morgan fingerprint density at radius 3 is 2.55 bits per heavy atom. The predicted octanol–water partition coefficient (Wildman–Crippen LogP) is 3.94. The highest BCUT2D eigenvalue weighted by Gasteiger charge is 2.18. The number of rotatable bonds is 9. The molecule has 0 spiro atoms. The van der Waals surface area contributed by atoms with Crippen molar-refractivity contribution < 1.29 is 37.7 Å². The molecule has 1 amide bonds. The van der Waals surface area contributed by atoms with Gasteiger partial charge in [0.1, 0.15) is 34.4 Å². The van der Waals surface area contributed by atoms with E-state index >= 15 is 0 Å². The van der Waals surface area contributed by atoms with E-state index < -0.39 is 29.6 Å². The van der Waals surface area contributed by atoms with Crippen LogP contribution in [0.2, 0.25) is 0 Å². The Kier molecular flexibility index (Phi) is 7.39. The van der Waals surface area contributed by atoms with E-state index in [-0.39, 0.29) is 29.3 Å². The minimum atomic E-state index is -1.19. The van der Waals surface area contributed by atoms with Gasteiger partial charge in [-0.2, -0.15) is 0 Å². The number of carbonyl (C=O) groups excluding carboxylic acids is 1. The van der Waals surface area contributed by atoms with Crippen molar-refractivity contribution in [3.8, 4) is 23.1 Å². The molecule has 1 aromatic heterocycles. The van der Waals surface area contributed by atoms with Crippen molar-refractivity contribution in [2.75, 3.05) is 7.11 Å². The Hall–Kier alpha value is -4.21. The molecule has 0 aliphatic rings. The third-order valence-corrected chi connectivity index (χ3v) is 4.44. The largest absolute Gasteiger partial charge is 0.497 e. The SMILES string of the molecule is COc1cccc(Oc2ncc(F)cc2C(=O)NCc2ccc(OC(C)C(=O)O)cc2F)c1. The minimum Gasteiger partial charge on any atom is -0.497 e. The van der Waals surface area contributed by atoms with Crippen LogP contribution in [-0.4, -0.2) is 35.2 Å². The summed E-state index contributed by atoms with van der Waals surface area (Å²) in [7, 11) is 1.48. The highest BCUT2D eigenvalue weighted by atomic mass is 19.1. The number of carboxylic acids is 1. The molecule has 0 fully saturated rings. The summed E-state index contributed by atoms with van der Waals surface area (Å²) < 4.78 is 44.0. The van der Waals surface area contributed by atoms with E-state index in [4.69, 9.17) is 19.3 Å². The van der Waals surface area contributed by atoms with E-state index in [0.717, 1.165) is 18.3 Å². The fraction of sp³-hybridized carbons (Fsp3) is 0.174. The highest BCUT2D eigenvalue weighted by molar-refractivity contribution is 5.96. The summed E-state index contributed by atoms with van der Waals surface area (Å²) in [6.07, 6.45) is -0.249.